The van der Waals surface area contributed by atoms with Crippen molar-refractivity contribution in [3.05, 3.63) is 0 Å². The van der Waals surface area contributed by atoms with Crippen LogP contribution >= 0.6 is 11.9 Å². The first-order valence-electron chi connectivity index (χ1n) is 6.24. The van der Waals surface area contributed by atoms with Gasteiger partial charge in [-0.3, -0.25) is 4.72 Å². The molecule has 7 heteroatoms. The van der Waals surface area contributed by atoms with Crippen LogP contribution < -0.4 is 10.0 Å². The van der Waals surface area contributed by atoms with Crippen LogP contribution in [-0.2, 0) is 9.53 Å². The lowest BCUT2D eigenvalue weighted by Crippen LogP contribution is -2.43. The molecule has 1 atom stereocenters. The molecule has 3 N–H and O–H groups in total. The molecule has 0 rings (SSSR count). The number of amides is 1. The molecule has 0 spiro atoms. The van der Waals surface area contributed by atoms with Crippen molar-refractivity contribution in [1.82, 2.24) is 10.0 Å². The largest absolute Gasteiger partial charge is 0.480 e. The van der Waals surface area contributed by atoms with Gasteiger partial charge < -0.3 is 15.2 Å². The number of hydrogen-bond donors (Lipinski definition) is 3. The molecule has 19 heavy (non-hydrogen) atoms. The zero-order chi connectivity index (χ0) is 14.9. The van der Waals surface area contributed by atoms with Gasteiger partial charge >= 0.3 is 12.1 Å². The molecule has 0 radical (unpaired) electrons. The number of carboxylic acid groups (broad SMARTS) is 1. The fourth-order valence-electron chi connectivity index (χ4n) is 1.35. The molecule has 0 aliphatic carbocycles. The highest BCUT2D eigenvalue weighted by atomic mass is 32.2. The summed E-state index contributed by atoms with van der Waals surface area (Å²) in [5.74, 6) is -1.04. The second-order valence-electron chi connectivity index (χ2n) is 5.13. The third-order valence-corrected chi connectivity index (χ3v) is 2.65. The number of alkyl carbamates (subject to hydrolysis) is 1. The number of rotatable bonds is 8. The SMILES string of the molecule is CSNCCCC[C@@H](NC(=O)OC(C)(C)C)C(=O)O. The van der Waals surface area contributed by atoms with Crippen LogP contribution in [0.25, 0.3) is 0 Å². The highest BCUT2D eigenvalue weighted by molar-refractivity contribution is 7.96. The molecular weight excluding hydrogens is 268 g/mol. The van der Waals surface area contributed by atoms with E-state index < -0.39 is 23.7 Å². The minimum atomic E-state index is -1.04. The lowest BCUT2D eigenvalue weighted by molar-refractivity contribution is -0.139. The highest BCUT2D eigenvalue weighted by Gasteiger charge is 2.23. The predicted molar refractivity (Wildman–Crippen MR) is 76.2 cm³/mol. The topological polar surface area (TPSA) is 87.7 Å². The second kappa shape index (κ2) is 9.03. The summed E-state index contributed by atoms with van der Waals surface area (Å²) in [7, 11) is 0. The normalized spacial score (nSPS) is 12.8. The number of carbonyl (C=O) groups is 2. The van der Waals surface area contributed by atoms with E-state index in [0.29, 0.717) is 6.42 Å². The Hall–Kier alpha value is -0.950. The summed E-state index contributed by atoms with van der Waals surface area (Å²) >= 11 is 1.53. The molecule has 0 aliphatic rings. The Morgan fingerprint density at radius 2 is 1.95 bits per heavy atom. The average molecular weight is 292 g/mol. The van der Waals surface area contributed by atoms with Crippen LogP contribution in [0.15, 0.2) is 0 Å². The molecule has 0 aliphatic heterocycles. The number of carbonyl (C=O) groups excluding carboxylic acids is 1. The van der Waals surface area contributed by atoms with Gasteiger partial charge in [-0.2, -0.15) is 0 Å². The molecule has 112 valence electrons. The first kappa shape index (κ1) is 18.0. The summed E-state index contributed by atoms with van der Waals surface area (Å²) in [5, 5.41) is 11.4. The Bertz CT molecular complexity index is 292. The number of hydrogen-bond acceptors (Lipinski definition) is 5. The van der Waals surface area contributed by atoms with Crippen LogP contribution in [0.1, 0.15) is 40.0 Å². The van der Waals surface area contributed by atoms with E-state index in [4.69, 9.17) is 9.84 Å². The van der Waals surface area contributed by atoms with E-state index in [1.54, 1.807) is 20.8 Å². The zero-order valence-electron chi connectivity index (χ0n) is 12.0. The van der Waals surface area contributed by atoms with E-state index >= 15 is 0 Å². The molecule has 0 aromatic carbocycles. The van der Waals surface area contributed by atoms with E-state index in [1.165, 1.54) is 11.9 Å². The first-order valence-corrected chi connectivity index (χ1v) is 7.47. The van der Waals surface area contributed by atoms with Crippen molar-refractivity contribution >= 4 is 24.0 Å². The van der Waals surface area contributed by atoms with E-state index in [0.717, 1.165) is 19.4 Å². The number of ether oxygens (including phenoxy) is 1. The standard InChI is InChI=1S/C12H24N2O4S/c1-12(2,3)18-11(17)14-9(10(15)16)7-5-6-8-13-19-4/h9,13H,5-8H2,1-4H3,(H,14,17)(H,15,16)/t9-/m1/s1. The van der Waals surface area contributed by atoms with Crippen LogP contribution in [0.5, 0.6) is 0 Å². The molecule has 0 aromatic rings. The van der Waals surface area contributed by atoms with Crippen LogP contribution in [0.3, 0.4) is 0 Å². The van der Waals surface area contributed by atoms with Gasteiger partial charge in [-0.15, -0.1) is 0 Å². The molecule has 0 heterocycles. The van der Waals surface area contributed by atoms with Crippen LogP contribution in [0.2, 0.25) is 0 Å². The van der Waals surface area contributed by atoms with Crippen molar-refractivity contribution in [3.63, 3.8) is 0 Å². The van der Waals surface area contributed by atoms with Crippen molar-refractivity contribution in [2.45, 2.75) is 51.7 Å². The quantitative estimate of drug-likeness (QED) is 0.468. The fourth-order valence-corrected chi connectivity index (χ4v) is 1.70. The zero-order valence-corrected chi connectivity index (χ0v) is 12.8. The summed E-state index contributed by atoms with van der Waals surface area (Å²) in [6, 6.07) is -0.899. The molecule has 0 saturated carbocycles. The monoisotopic (exact) mass is 292 g/mol. The summed E-state index contributed by atoms with van der Waals surface area (Å²) in [4.78, 5) is 22.5. The maximum absolute atomic E-state index is 11.5. The molecule has 0 bridgehead atoms. The average Bonchev–Trinajstić information content (AvgIpc) is 2.24. The lowest BCUT2D eigenvalue weighted by atomic mass is 10.1. The van der Waals surface area contributed by atoms with Gasteiger partial charge in [0.1, 0.15) is 11.6 Å². The maximum atomic E-state index is 11.5. The van der Waals surface area contributed by atoms with Crippen LogP contribution in [-0.4, -0.2) is 41.6 Å². The Balaban J connectivity index is 4.05. The minimum absolute atomic E-state index is 0.393. The smallest absolute Gasteiger partial charge is 0.408 e. The number of nitrogens with one attached hydrogen (secondary N) is 2. The molecule has 6 nitrogen and oxygen atoms in total. The van der Waals surface area contributed by atoms with E-state index in [2.05, 4.69) is 10.0 Å². The van der Waals surface area contributed by atoms with Gasteiger partial charge in [-0.1, -0.05) is 11.9 Å². The van der Waals surface area contributed by atoms with Crippen molar-refractivity contribution < 1.29 is 19.4 Å². The van der Waals surface area contributed by atoms with E-state index in [-0.39, 0.29) is 0 Å². The Morgan fingerprint density at radius 1 is 1.32 bits per heavy atom. The van der Waals surface area contributed by atoms with Gasteiger partial charge in [-0.05, 0) is 46.3 Å². The minimum Gasteiger partial charge on any atom is -0.480 e. The van der Waals surface area contributed by atoms with Gasteiger partial charge in [0.2, 0.25) is 0 Å². The van der Waals surface area contributed by atoms with Gasteiger partial charge in [0.05, 0.1) is 0 Å². The van der Waals surface area contributed by atoms with Crippen LogP contribution in [0.4, 0.5) is 4.79 Å². The van der Waals surface area contributed by atoms with Crippen molar-refractivity contribution in [3.8, 4) is 0 Å². The summed E-state index contributed by atoms with van der Waals surface area (Å²) < 4.78 is 8.11. The first-order chi connectivity index (χ1) is 8.76. The van der Waals surface area contributed by atoms with Crippen molar-refractivity contribution in [1.29, 1.82) is 0 Å². The van der Waals surface area contributed by atoms with Gasteiger partial charge in [0, 0.05) is 6.54 Å². The maximum Gasteiger partial charge on any atom is 0.408 e. The van der Waals surface area contributed by atoms with Gasteiger partial charge in [-0.25, -0.2) is 9.59 Å². The summed E-state index contributed by atoms with van der Waals surface area (Å²) in [6.45, 7) is 6.02. The van der Waals surface area contributed by atoms with Crippen molar-refractivity contribution in [2.24, 2.45) is 0 Å². The molecular formula is C12H24N2O4S. The number of unbranched alkanes of at least 4 members (excludes halogenated alkanes) is 1. The third kappa shape index (κ3) is 10.6. The van der Waals surface area contributed by atoms with Gasteiger partial charge in [0.15, 0.2) is 0 Å². The van der Waals surface area contributed by atoms with Gasteiger partial charge in [0.25, 0.3) is 0 Å². The Kier molecular flexibility index (Phi) is 8.58. The third-order valence-electron chi connectivity index (χ3n) is 2.16. The molecule has 0 aromatic heterocycles. The Morgan fingerprint density at radius 3 is 2.42 bits per heavy atom. The van der Waals surface area contributed by atoms with E-state index in [9.17, 15) is 9.59 Å². The Labute approximate surface area is 118 Å². The number of aliphatic carboxylic acids is 1. The lowest BCUT2D eigenvalue weighted by Gasteiger charge is -2.22. The molecule has 0 unspecified atom stereocenters. The molecule has 1 amide bonds. The highest BCUT2D eigenvalue weighted by Crippen LogP contribution is 2.08. The summed E-state index contributed by atoms with van der Waals surface area (Å²) in [6.07, 6.45) is 3.22. The van der Waals surface area contributed by atoms with E-state index in [1.807, 2.05) is 6.26 Å². The molecule has 0 fully saturated rings. The fraction of sp³-hybridized carbons (Fsp3) is 0.833. The number of carboxylic acids is 1. The second-order valence-corrected chi connectivity index (χ2v) is 5.83. The van der Waals surface area contributed by atoms with Crippen molar-refractivity contribution in [2.75, 3.05) is 12.8 Å². The molecule has 0 saturated heterocycles. The predicted octanol–water partition coefficient (Wildman–Crippen LogP) is 2.00. The summed E-state index contributed by atoms with van der Waals surface area (Å²) in [5.41, 5.74) is -0.630. The van der Waals surface area contributed by atoms with Crippen LogP contribution in [0, 0.1) is 0 Å².